The molecule has 0 unspecified atom stereocenters. The Kier molecular flexibility index (Phi) is 5.66. The third-order valence-electron chi connectivity index (χ3n) is 4.96. The van der Waals surface area contributed by atoms with Gasteiger partial charge in [-0.2, -0.15) is 0 Å². The van der Waals surface area contributed by atoms with E-state index in [4.69, 9.17) is 21.1 Å². The number of nitrogens with zero attached hydrogens (tertiary/aromatic N) is 1. The summed E-state index contributed by atoms with van der Waals surface area (Å²) in [6.07, 6.45) is 1.18. The van der Waals surface area contributed by atoms with Gasteiger partial charge in [0.25, 0.3) is 0 Å². The second-order valence-corrected chi connectivity index (χ2v) is 9.18. The number of carbonyl (C=O) groups excluding carboxylic acids is 1. The molecule has 0 amide bonds. The highest BCUT2D eigenvalue weighted by Gasteiger charge is 2.36. The lowest BCUT2D eigenvalue weighted by Crippen LogP contribution is -2.26. The van der Waals surface area contributed by atoms with Gasteiger partial charge < -0.3 is 14.4 Å². The first-order valence-corrected chi connectivity index (χ1v) is 11.2. The minimum Gasteiger partial charge on any atom is -0.493 e. The third-order valence-corrected chi connectivity index (χ3v) is 6.99. The molecule has 6 nitrogen and oxygen atoms in total. The molecule has 0 spiro atoms. The summed E-state index contributed by atoms with van der Waals surface area (Å²) in [4.78, 5) is 14.1. The number of carbonyl (C=O) groups is 1. The molecule has 0 saturated carbocycles. The Morgan fingerprint density at radius 2 is 1.72 bits per heavy atom. The lowest BCUT2D eigenvalue weighted by atomic mass is 10.1. The molecule has 0 saturated heterocycles. The molecule has 1 heterocycles. The van der Waals surface area contributed by atoms with E-state index in [1.807, 2.05) is 0 Å². The van der Waals surface area contributed by atoms with Crippen molar-refractivity contribution in [2.75, 3.05) is 19.1 Å². The van der Waals surface area contributed by atoms with Crippen molar-refractivity contribution in [2.24, 2.45) is 0 Å². The zero-order valence-corrected chi connectivity index (χ0v) is 18.6. The van der Waals surface area contributed by atoms with Crippen LogP contribution in [0.2, 0.25) is 5.02 Å². The average Bonchev–Trinajstić information content (AvgIpc) is 2.78. The Morgan fingerprint density at radius 1 is 0.969 bits per heavy atom. The Labute approximate surface area is 189 Å². The maximum absolute atomic E-state index is 14.0. The fraction of sp³-hybridized carbons (Fsp3) is 0.0870. The summed E-state index contributed by atoms with van der Waals surface area (Å²) in [5.74, 6) is -0.686. The van der Waals surface area contributed by atoms with Crippen molar-refractivity contribution < 1.29 is 27.1 Å². The molecule has 0 aliphatic carbocycles. The Morgan fingerprint density at radius 3 is 2.41 bits per heavy atom. The number of Topliss-reactive ketones (excluding diaryl/α,β-unsaturated/α-hetero) is 1. The number of ether oxygens (including phenoxy) is 2. The van der Waals surface area contributed by atoms with Crippen LogP contribution in [-0.2, 0) is 9.84 Å². The number of anilines is 2. The van der Waals surface area contributed by atoms with Gasteiger partial charge in [0, 0.05) is 22.5 Å². The molecule has 9 heteroatoms. The molecule has 1 aliphatic heterocycles. The second-order valence-electron chi connectivity index (χ2n) is 6.86. The Balaban J connectivity index is 1.91. The van der Waals surface area contributed by atoms with Gasteiger partial charge in [0.1, 0.15) is 10.7 Å². The van der Waals surface area contributed by atoms with Crippen LogP contribution in [-0.4, -0.2) is 28.4 Å². The number of fused-ring (bicyclic) bond motifs is 1. The summed E-state index contributed by atoms with van der Waals surface area (Å²) < 4.78 is 51.1. The van der Waals surface area contributed by atoms with Crippen molar-refractivity contribution in [1.82, 2.24) is 0 Å². The van der Waals surface area contributed by atoms with E-state index in [2.05, 4.69) is 0 Å². The lowest BCUT2D eigenvalue weighted by Gasteiger charge is -2.29. The van der Waals surface area contributed by atoms with Crippen LogP contribution < -0.4 is 14.4 Å². The van der Waals surface area contributed by atoms with Gasteiger partial charge >= 0.3 is 0 Å². The molecule has 0 bridgehead atoms. The van der Waals surface area contributed by atoms with Crippen LogP contribution in [0.4, 0.5) is 15.8 Å². The molecule has 164 valence electrons. The van der Waals surface area contributed by atoms with E-state index in [9.17, 15) is 17.6 Å². The number of ketones is 1. The van der Waals surface area contributed by atoms with Crippen LogP contribution in [0, 0.1) is 5.82 Å². The number of benzene rings is 3. The van der Waals surface area contributed by atoms with E-state index in [1.54, 1.807) is 24.3 Å². The molecule has 0 fully saturated rings. The molecule has 0 radical (unpaired) electrons. The summed E-state index contributed by atoms with van der Waals surface area (Å²) in [6, 6.07) is 14.2. The number of methoxy groups -OCH3 is 2. The Bertz CT molecular complexity index is 1370. The first-order valence-electron chi connectivity index (χ1n) is 9.34. The monoisotopic (exact) mass is 473 g/mol. The highest BCUT2D eigenvalue weighted by atomic mass is 35.5. The molecule has 3 aromatic carbocycles. The smallest absolute Gasteiger partial charge is 0.214 e. The molecule has 32 heavy (non-hydrogen) atoms. The van der Waals surface area contributed by atoms with Gasteiger partial charge in [-0.3, -0.25) is 4.79 Å². The molecule has 3 aromatic rings. The van der Waals surface area contributed by atoms with Crippen molar-refractivity contribution in [3.8, 4) is 11.5 Å². The van der Waals surface area contributed by atoms with E-state index in [1.165, 1.54) is 43.5 Å². The number of hydrogen-bond donors (Lipinski definition) is 0. The summed E-state index contributed by atoms with van der Waals surface area (Å²) >= 11 is 6.10. The van der Waals surface area contributed by atoms with Gasteiger partial charge in [-0.05, 0) is 54.6 Å². The summed E-state index contributed by atoms with van der Waals surface area (Å²) in [6.45, 7) is 0. The first-order chi connectivity index (χ1) is 15.3. The van der Waals surface area contributed by atoms with E-state index in [0.29, 0.717) is 16.5 Å². The van der Waals surface area contributed by atoms with Crippen molar-refractivity contribution in [3.63, 3.8) is 0 Å². The van der Waals surface area contributed by atoms with Gasteiger partial charge in [-0.15, -0.1) is 0 Å². The van der Waals surface area contributed by atoms with Crippen LogP contribution in [0.25, 0.3) is 0 Å². The average molecular weight is 474 g/mol. The molecule has 0 atom stereocenters. The number of sulfone groups is 1. The fourth-order valence-electron chi connectivity index (χ4n) is 3.42. The van der Waals surface area contributed by atoms with Crippen molar-refractivity contribution in [2.45, 2.75) is 4.90 Å². The molecule has 4 rings (SSSR count). The van der Waals surface area contributed by atoms with Gasteiger partial charge in [0.05, 0.1) is 24.8 Å². The number of halogens is 2. The quantitative estimate of drug-likeness (QED) is 0.377. The molecule has 1 aliphatic rings. The van der Waals surface area contributed by atoms with Gasteiger partial charge in [0.2, 0.25) is 15.6 Å². The van der Waals surface area contributed by atoms with Gasteiger partial charge in [0.15, 0.2) is 11.5 Å². The highest BCUT2D eigenvalue weighted by molar-refractivity contribution is 7.96. The molecule has 0 aromatic heterocycles. The van der Waals surface area contributed by atoms with Crippen LogP contribution in [0.1, 0.15) is 10.4 Å². The molecular formula is C23H17ClFNO5S. The number of rotatable bonds is 5. The standard InChI is InChI=1S/C23H17ClFNO5S/c1-30-19-8-6-14(10-20(19)31-2)23(27)22-13-26(17-5-3-4-15(24)11-17)18-12-16(25)7-9-21(18)32(22,28)29/h3-13H,1-2H3. The van der Waals surface area contributed by atoms with Gasteiger partial charge in [-0.25, -0.2) is 12.8 Å². The summed E-state index contributed by atoms with van der Waals surface area (Å²) in [5.41, 5.74) is 0.641. The predicted octanol–water partition coefficient (Wildman–Crippen LogP) is 5.15. The molecule has 0 N–H and O–H groups in total. The predicted molar refractivity (Wildman–Crippen MR) is 119 cm³/mol. The first kappa shape index (κ1) is 21.9. The molecular weight excluding hydrogens is 457 g/mol. The van der Waals surface area contributed by atoms with Crippen molar-refractivity contribution in [3.05, 3.63) is 88.2 Å². The van der Waals surface area contributed by atoms with E-state index in [-0.39, 0.29) is 21.9 Å². The minimum atomic E-state index is -4.24. The maximum atomic E-state index is 14.0. The van der Waals surface area contributed by atoms with E-state index < -0.39 is 26.3 Å². The van der Waals surface area contributed by atoms with Crippen molar-refractivity contribution in [1.29, 1.82) is 0 Å². The Hall–Kier alpha value is -3.36. The van der Waals surface area contributed by atoms with Gasteiger partial charge in [-0.1, -0.05) is 17.7 Å². The zero-order valence-electron chi connectivity index (χ0n) is 17.0. The fourth-order valence-corrected chi connectivity index (χ4v) is 5.13. The zero-order chi connectivity index (χ0) is 23.0. The third kappa shape index (κ3) is 3.72. The van der Waals surface area contributed by atoms with E-state index >= 15 is 0 Å². The van der Waals surface area contributed by atoms with Crippen LogP contribution in [0.5, 0.6) is 11.5 Å². The van der Waals surface area contributed by atoms with Crippen LogP contribution in [0.3, 0.4) is 0 Å². The topological polar surface area (TPSA) is 72.9 Å². The summed E-state index contributed by atoms with van der Waals surface area (Å²) in [5, 5.41) is 0.398. The number of hydrogen-bond acceptors (Lipinski definition) is 6. The lowest BCUT2D eigenvalue weighted by molar-refractivity contribution is 0.104. The maximum Gasteiger partial charge on any atom is 0.214 e. The largest absolute Gasteiger partial charge is 0.493 e. The van der Waals surface area contributed by atoms with Crippen LogP contribution in [0.15, 0.2) is 76.7 Å². The second kappa shape index (κ2) is 8.29. The minimum absolute atomic E-state index is 0.0797. The van der Waals surface area contributed by atoms with Crippen molar-refractivity contribution >= 4 is 38.6 Å². The normalized spacial score (nSPS) is 14.4. The number of allylic oxidation sites excluding steroid dienone is 1. The highest BCUT2D eigenvalue weighted by Crippen LogP contribution is 2.41. The summed E-state index contributed by atoms with van der Waals surface area (Å²) in [7, 11) is -1.37. The van der Waals surface area contributed by atoms with E-state index in [0.717, 1.165) is 18.2 Å². The SMILES string of the molecule is COc1ccc(C(=O)C2=CN(c3cccc(Cl)c3)c3cc(F)ccc3S2(=O)=O)cc1OC. The van der Waals surface area contributed by atoms with Crippen LogP contribution >= 0.6 is 11.6 Å².